The summed E-state index contributed by atoms with van der Waals surface area (Å²) in [6.07, 6.45) is 0.448. The Kier molecular flexibility index (Phi) is 6.99. The number of hydrogen-bond donors (Lipinski definition) is 3. The highest BCUT2D eigenvalue weighted by Crippen LogP contribution is 2.57. The van der Waals surface area contributed by atoms with Crippen molar-refractivity contribution in [3.05, 3.63) is 99.5 Å². The van der Waals surface area contributed by atoms with Gasteiger partial charge in [0.05, 0.1) is 6.54 Å². The number of aryl methyl sites for hydroxylation is 1. The molecule has 1 fully saturated rings. The van der Waals surface area contributed by atoms with Crippen molar-refractivity contribution in [2.24, 2.45) is 0 Å². The van der Waals surface area contributed by atoms with Crippen molar-refractivity contribution in [2.75, 3.05) is 11.9 Å². The van der Waals surface area contributed by atoms with Gasteiger partial charge in [0.15, 0.2) is 5.78 Å². The number of carbonyl (C=O) groups is 3. The minimum Gasteiger partial charge on any atom is -0.480 e. The topological polar surface area (TPSA) is 95.5 Å². The van der Waals surface area contributed by atoms with E-state index in [2.05, 4.69) is 10.6 Å². The van der Waals surface area contributed by atoms with E-state index in [4.69, 9.17) is 23.2 Å². The normalized spacial score (nSPS) is 22.4. The Hall–Kier alpha value is -3.19. The summed E-state index contributed by atoms with van der Waals surface area (Å²) in [5.74, 6) is -1.62. The maximum absolute atomic E-state index is 13.4. The van der Waals surface area contributed by atoms with Crippen molar-refractivity contribution in [3.63, 3.8) is 0 Å². The number of carbonyl (C=O) groups excluding carboxylic acids is 2. The van der Waals surface area contributed by atoms with Crippen molar-refractivity contribution in [2.45, 2.75) is 30.7 Å². The number of rotatable bonds is 4. The molecule has 5 rings (SSSR count). The minimum absolute atomic E-state index is 0.163. The molecule has 1 aliphatic heterocycles. The summed E-state index contributed by atoms with van der Waals surface area (Å²) in [4.78, 5) is 38.2. The lowest BCUT2D eigenvalue weighted by molar-refractivity contribution is -0.138. The van der Waals surface area contributed by atoms with Crippen LogP contribution >= 0.6 is 23.2 Å². The molecule has 8 heteroatoms. The molecule has 3 aromatic rings. The average molecular weight is 511 g/mol. The Morgan fingerprint density at radius 1 is 0.971 bits per heavy atom. The van der Waals surface area contributed by atoms with Crippen molar-refractivity contribution in [3.8, 4) is 0 Å². The lowest BCUT2D eigenvalue weighted by atomic mass is 9.63. The summed E-state index contributed by atoms with van der Waals surface area (Å²) in [5.41, 5.74) is -0.0658. The molecule has 1 heterocycles. The average Bonchev–Trinajstić information content (AvgIpc) is 3.28. The Labute approximate surface area is 213 Å². The number of aliphatic carboxylic acids is 1. The zero-order valence-corrected chi connectivity index (χ0v) is 20.5. The fourth-order valence-electron chi connectivity index (χ4n) is 5.22. The number of halogens is 2. The smallest absolute Gasteiger partial charge is 0.317 e. The number of hydrogen-bond acceptors (Lipinski definition) is 4. The zero-order valence-electron chi connectivity index (χ0n) is 19.0. The maximum atomic E-state index is 13.4. The SMILES string of the molecule is Cc1ccccc1[C@@]1(NCC(=O)O)C(=O)CC[C@]12C(=O)Nc1cc(Cl)ccc12.Clc1ccccc1. The third-order valence-corrected chi connectivity index (χ3v) is 7.14. The molecule has 35 heavy (non-hydrogen) atoms. The number of fused-ring (bicyclic) bond motifs is 2. The van der Waals surface area contributed by atoms with E-state index in [1.165, 1.54) is 0 Å². The van der Waals surface area contributed by atoms with E-state index in [1.807, 2.05) is 49.4 Å². The number of ketones is 1. The van der Waals surface area contributed by atoms with Gasteiger partial charge in [0.1, 0.15) is 11.0 Å². The van der Waals surface area contributed by atoms with Gasteiger partial charge in [-0.05, 0) is 54.3 Å². The van der Waals surface area contributed by atoms with Crippen LogP contribution in [0.2, 0.25) is 10.0 Å². The third kappa shape index (κ3) is 4.22. The van der Waals surface area contributed by atoms with Crippen LogP contribution in [0, 0.1) is 6.92 Å². The van der Waals surface area contributed by atoms with E-state index in [0.29, 0.717) is 21.8 Å². The third-order valence-electron chi connectivity index (χ3n) is 6.65. The van der Waals surface area contributed by atoms with Gasteiger partial charge in [0, 0.05) is 22.2 Å². The van der Waals surface area contributed by atoms with E-state index >= 15 is 0 Å². The number of amides is 1. The molecule has 1 saturated carbocycles. The largest absolute Gasteiger partial charge is 0.480 e. The van der Waals surface area contributed by atoms with Crippen LogP contribution in [0.3, 0.4) is 0 Å². The molecule has 0 saturated heterocycles. The number of nitrogens with one attached hydrogen (secondary N) is 2. The van der Waals surface area contributed by atoms with Gasteiger partial charge in [-0.3, -0.25) is 19.7 Å². The first-order valence-electron chi connectivity index (χ1n) is 11.1. The van der Waals surface area contributed by atoms with Crippen LogP contribution in [0.25, 0.3) is 0 Å². The fourth-order valence-corrected chi connectivity index (χ4v) is 5.54. The molecule has 1 amide bonds. The quantitative estimate of drug-likeness (QED) is 0.453. The number of benzene rings is 3. The zero-order chi connectivity index (χ0) is 25.2. The highest BCUT2D eigenvalue weighted by atomic mass is 35.5. The molecule has 3 N–H and O–H groups in total. The second kappa shape index (κ2) is 9.82. The number of carboxylic acids is 1. The molecule has 180 valence electrons. The van der Waals surface area contributed by atoms with Crippen LogP contribution in [0.15, 0.2) is 72.8 Å². The van der Waals surface area contributed by atoms with Gasteiger partial charge in [-0.15, -0.1) is 0 Å². The first kappa shape index (κ1) is 24.9. The Morgan fingerprint density at radius 2 is 1.66 bits per heavy atom. The van der Waals surface area contributed by atoms with E-state index < -0.39 is 23.5 Å². The van der Waals surface area contributed by atoms with Crippen molar-refractivity contribution in [1.29, 1.82) is 0 Å². The highest BCUT2D eigenvalue weighted by molar-refractivity contribution is 6.31. The first-order valence-corrected chi connectivity index (χ1v) is 11.9. The minimum atomic E-state index is -1.47. The molecule has 0 unspecified atom stereocenters. The molecule has 3 aromatic carbocycles. The van der Waals surface area contributed by atoms with E-state index in [9.17, 15) is 19.5 Å². The van der Waals surface area contributed by atoms with E-state index in [0.717, 1.165) is 10.6 Å². The molecule has 0 aromatic heterocycles. The van der Waals surface area contributed by atoms with Crippen molar-refractivity contribution >= 4 is 46.5 Å². The predicted molar refractivity (Wildman–Crippen MR) is 136 cm³/mol. The Bertz CT molecular complexity index is 1300. The summed E-state index contributed by atoms with van der Waals surface area (Å²) < 4.78 is 0. The van der Waals surface area contributed by atoms with E-state index in [1.54, 1.807) is 30.3 Å². The molecule has 0 bridgehead atoms. The highest BCUT2D eigenvalue weighted by Gasteiger charge is 2.68. The van der Waals surface area contributed by atoms with Crippen molar-refractivity contribution in [1.82, 2.24) is 5.32 Å². The van der Waals surface area contributed by atoms with Gasteiger partial charge < -0.3 is 10.4 Å². The number of carboxylic acid groups (broad SMARTS) is 1. The molecule has 1 spiro atoms. The standard InChI is InChI=1S/C21H19ClN2O4.C6H5Cl/c1-12-4-2-3-5-14(12)21(23-11-18(26)27)17(25)8-9-20(21)15-7-6-13(22)10-16(15)24-19(20)28;7-6-4-2-1-3-5-6/h2-7,10,23H,8-9,11H2,1H3,(H,24,28)(H,26,27);1-5H/t20-,21+;/m0./s1. The van der Waals surface area contributed by atoms with Crippen molar-refractivity contribution < 1.29 is 19.5 Å². The van der Waals surface area contributed by atoms with Crippen LogP contribution < -0.4 is 10.6 Å². The lowest BCUT2D eigenvalue weighted by Crippen LogP contribution is -2.62. The van der Waals surface area contributed by atoms with Gasteiger partial charge in [-0.2, -0.15) is 0 Å². The molecular weight excluding hydrogens is 487 g/mol. The van der Waals surface area contributed by atoms with Gasteiger partial charge in [-0.25, -0.2) is 0 Å². The Balaban J connectivity index is 0.000000356. The Morgan fingerprint density at radius 3 is 2.29 bits per heavy atom. The number of anilines is 1. The summed E-state index contributed by atoms with van der Waals surface area (Å²) in [6, 6.07) is 21.8. The second-order valence-electron chi connectivity index (χ2n) is 8.58. The van der Waals surface area contributed by atoms with Gasteiger partial charge in [0.2, 0.25) is 5.91 Å². The van der Waals surface area contributed by atoms with Gasteiger partial charge >= 0.3 is 5.97 Å². The molecule has 2 atom stereocenters. The second-order valence-corrected chi connectivity index (χ2v) is 9.45. The molecule has 0 radical (unpaired) electrons. The monoisotopic (exact) mass is 510 g/mol. The lowest BCUT2D eigenvalue weighted by Gasteiger charge is -2.42. The van der Waals surface area contributed by atoms with Crippen LogP contribution in [0.4, 0.5) is 5.69 Å². The molecule has 1 aliphatic carbocycles. The molecular formula is C27H24Cl2N2O4. The number of Topliss-reactive ketones (excluding diaryl/α,β-unsaturated/α-hetero) is 1. The van der Waals surface area contributed by atoms with Gasteiger partial charge in [-0.1, -0.05) is 71.7 Å². The van der Waals surface area contributed by atoms with E-state index in [-0.39, 0.29) is 24.5 Å². The molecule has 2 aliphatic rings. The summed E-state index contributed by atoms with van der Waals surface area (Å²) in [6.45, 7) is 1.41. The van der Waals surface area contributed by atoms with Crippen LogP contribution in [0.1, 0.15) is 29.5 Å². The predicted octanol–water partition coefficient (Wildman–Crippen LogP) is 5.11. The van der Waals surface area contributed by atoms with Crippen LogP contribution in [-0.4, -0.2) is 29.3 Å². The summed E-state index contributed by atoms with van der Waals surface area (Å²) >= 11 is 11.6. The first-order chi connectivity index (χ1) is 16.7. The van der Waals surface area contributed by atoms with Crippen LogP contribution in [0.5, 0.6) is 0 Å². The maximum Gasteiger partial charge on any atom is 0.317 e. The molecule has 6 nitrogen and oxygen atoms in total. The summed E-state index contributed by atoms with van der Waals surface area (Å²) in [7, 11) is 0. The summed E-state index contributed by atoms with van der Waals surface area (Å²) in [5, 5.41) is 16.4. The van der Waals surface area contributed by atoms with Gasteiger partial charge in [0.25, 0.3) is 0 Å². The fraction of sp³-hybridized carbons (Fsp3) is 0.222. The van der Waals surface area contributed by atoms with Crippen LogP contribution in [-0.2, 0) is 25.3 Å².